The number of oxazole rings is 1. The molecular weight excluding hydrogens is 200 g/mol. The van der Waals surface area contributed by atoms with Gasteiger partial charge in [0.2, 0.25) is 0 Å². The molecule has 0 aromatic carbocycles. The number of hydrogen-bond acceptors (Lipinski definition) is 3. The summed E-state index contributed by atoms with van der Waals surface area (Å²) in [5.74, 6) is 1.01. The van der Waals surface area contributed by atoms with Crippen molar-refractivity contribution >= 4 is 0 Å². The van der Waals surface area contributed by atoms with Crippen molar-refractivity contribution in [3.8, 4) is 0 Å². The Kier molecular flexibility index (Phi) is 3.79. The minimum atomic E-state index is 0.0609. The third-order valence-corrected chi connectivity index (χ3v) is 2.93. The molecule has 0 fully saturated rings. The molecule has 1 rings (SSSR count). The van der Waals surface area contributed by atoms with Crippen LogP contribution in [0.5, 0.6) is 0 Å². The molecular formula is C13H24N2O. The van der Waals surface area contributed by atoms with Gasteiger partial charge in [0.05, 0.1) is 5.69 Å². The molecule has 0 unspecified atom stereocenters. The van der Waals surface area contributed by atoms with Crippen molar-refractivity contribution < 1.29 is 4.42 Å². The number of hydrogen-bond donors (Lipinski definition) is 1. The zero-order valence-corrected chi connectivity index (χ0v) is 11.3. The van der Waals surface area contributed by atoms with Gasteiger partial charge in [0.1, 0.15) is 5.76 Å². The van der Waals surface area contributed by atoms with E-state index < -0.39 is 0 Å². The maximum atomic E-state index is 5.53. The lowest BCUT2D eigenvalue weighted by molar-refractivity contribution is 0.362. The molecule has 0 aliphatic carbocycles. The van der Waals surface area contributed by atoms with Gasteiger partial charge >= 0.3 is 0 Å². The molecule has 0 radical (unpaired) electrons. The average molecular weight is 224 g/mol. The molecule has 1 N–H and O–H groups in total. The topological polar surface area (TPSA) is 38.1 Å². The second-order valence-electron chi connectivity index (χ2n) is 5.97. The van der Waals surface area contributed by atoms with Gasteiger partial charge in [-0.25, -0.2) is 4.98 Å². The summed E-state index contributed by atoms with van der Waals surface area (Å²) in [4.78, 5) is 4.30. The predicted molar refractivity (Wildman–Crippen MR) is 66.4 cm³/mol. The minimum absolute atomic E-state index is 0.0609. The number of rotatable bonds is 4. The van der Waals surface area contributed by atoms with Crippen LogP contribution in [0.4, 0.5) is 0 Å². The van der Waals surface area contributed by atoms with Gasteiger partial charge in [-0.3, -0.25) is 0 Å². The summed E-state index contributed by atoms with van der Waals surface area (Å²) in [7, 11) is 0. The lowest BCUT2D eigenvalue weighted by Gasteiger charge is -2.23. The van der Waals surface area contributed by atoms with Crippen LogP contribution < -0.4 is 5.32 Å². The first kappa shape index (κ1) is 13.2. The highest BCUT2D eigenvalue weighted by Gasteiger charge is 2.26. The van der Waals surface area contributed by atoms with Crippen molar-refractivity contribution in [2.45, 2.75) is 65.5 Å². The molecule has 16 heavy (non-hydrogen) atoms. The fourth-order valence-corrected chi connectivity index (χ4v) is 1.45. The Labute approximate surface area is 98.6 Å². The molecule has 1 aromatic rings. The van der Waals surface area contributed by atoms with E-state index >= 15 is 0 Å². The van der Waals surface area contributed by atoms with Crippen molar-refractivity contribution in [2.24, 2.45) is 0 Å². The van der Waals surface area contributed by atoms with Crippen LogP contribution >= 0.6 is 0 Å². The quantitative estimate of drug-likeness (QED) is 0.853. The van der Waals surface area contributed by atoms with E-state index in [9.17, 15) is 0 Å². The van der Waals surface area contributed by atoms with Crippen LogP contribution in [0.15, 0.2) is 10.8 Å². The molecule has 92 valence electrons. The van der Waals surface area contributed by atoms with E-state index in [-0.39, 0.29) is 11.0 Å². The number of nitrogens with zero attached hydrogens (tertiary/aromatic N) is 1. The zero-order chi connectivity index (χ0) is 12.4. The van der Waals surface area contributed by atoms with Crippen LogP contribution in [-0.2, 0) is 12.0 Å². The molecule has 1 heterocycles. The molecule has 0 saturated heterocycles. The van der Waals surface area contributed by atoms with Crippen molar-refractivity contribution in [1.82, 2.24) is 10.3 Å². The highest BCUT2D eigenvalue weighted by molar-refractivity contribution is 5.17. The Bertz CT molecular complexity index is 334. The molecule has 0 atom stereocenters. The second kappa shape index (κ2) is 4.58. The van der Waals surface area contributed by atoms with E-state index in [1.165, 1.54) is 0 Å². The number of nitrogens with one attached hydrogen (secondary N) is 1. The molecule has 0 amide bonds. The summed E-state index contributed by atoms with van der Waals surface area (Å²) in [6.45, 7) is 13.8. The van der Waals surface area contributed by atoms with Crippen molar-refractivity contribution in [3.05, 3.63) is 17.8 Å². The minimum Gasteiger partial charge on any atom is -0.448 e. The maximum Gasteiger partial charge on any atom is 0.181 e. The maximum absolute atomic E-state index is 5.53. The molecule has 0 spiro atoms. The lowest BCUT2D eigenvalue weighted by atomic mass is 9.86. The zero-order valence-electron chi connectivity index (χ0n) is 11.3. The summed E-state index contributed by atoms with van der Waals surface area (Å²) in [6, 6.07) is 0. The smallest absolute Gasteiger partial charge is 0.181 e. The van der Waals surface area contributed by atoms with Crippen LogP contribution in [0.25, 0.3) is 0 Å². The normalized spacial score (nSPS) is 13.1. The predicted octanol–water partition coefficient (Wildman–Crippen LogP) is 3.25. The van der Waals surface area contributed by atoms with E-state index in [1.54, 1.807) is 6.39 Å². The SMILES string of the molecule is CCC(C)(C)c1ocnc1CNC(C)(C)C. The third kappa shape index (κ3) is 3.34. The first-order valence-corrected chi connectivity index (χ1v) is 5.94. The van der Waals surface area contributed by atoms with Crippen molar-refractivity contribution in [3.63, 3.8) is 0 Å². The highest BCUT2D eigenvalue weighted by Crippen LogP contribution is 2.29. The van der Waals surface area contributed by atoms with E-state index in [2.05, 4.69) is 51.8 Å². The lowest BCUT2D eigenvalue weighted by Crippen LogP contribution is -2.35. The van der Waals surface area contributed by atoms with Gasteiger partial charge in [0.15, 0.2) is 6.39 Å². The molecule has 1 aromatic heterocycles. The van der Waals surface area contributed by atoms with E-state index in [4.69, 9.17) is 4.42 Å². The first-order chi connectivity index (χ1) is 7.26. The average Bonchev–Trinajstić information content (AvgIpc) is 2.62. The monoisotopic (exact) mass is 224 g/mol. The van der Waals surface area contributed by atoms with Crippen LogP contribution in [-0.4, -0.2) is 10.5 Å². The van der Waals surface area contributed by atoms with E-state index in [1.807, 2.05) is 0 Å². The van der Waals surface area contributed by atoms with Gasteiger partial charge in [-0.1, -0.05) is 20.8 Å². The van der Waals surface area contributed by atoms with E-state index in [0.717, 1.165) is 24.4 Å². The number of aromatic nitrogens is 1. The molecule has 3 heteroatoms. The van der Waals surface area contributed by atoms with Crippen molar-refractivity contribution in [1.29, 1.82) is 0 Å². The van der Waals surface area contributed by atoms with Gasteiger partial charge in [0, 0.05) is 17.5 Å². The molecule has 0 bridgehead atoms. The Hall–Kier alpha value is -0.830. The fourth-order valence-electron chi connectivity index (χ4n) is 1.45. The van der Waals surface area contributed by atoms with Crippen LogP contribution in [0, 0.1) is 0 Å². The largest absolute Gasteiger partial charge is 0.448 e. The van der Waals surface area contributed by atoms with Crippen LogP contribution in [0.1, 0.15) is 59.4 Å². The Morgan fingerprint density at radius 2 is 1.88 bits per heavy atom. The van der Waals surface area contributed by atoms with Crippen molar-refractivity contribution in [2.75, 3.05) is 0 Å². The molecule has 0 aliphatic rings. The summed E-state index contributed by atoms with van der Waals surface area (Å²) in [6.07, 6.45) is 2.59. The Balaban J connectivity index is 2.79. The van der Waals surface area contributed by atoms with E-state index in [0.29, 0.717) is 0 Å². The van der Waals surface area contributed by atoms with Gasteiger partial charge in [0.25, 0.3) is 0 Å². The first-order valence-electron chi connectivity index (χ1n) is 5.94. The van der Waals surface area contributed by atoms with Crippen LogP contribution in [0.3, 0.4) is 0 Å². The fraction of sp³-hybridized carbons (Fsp3) is 0.769. The third-order valence-electron chi connectivity index (χ3n) is 2.93. The Morgan fingerprint density at radius 3 is 2.38 bits per heavy atom. The Morgan fingerprint density at radius 1 is 1.25 bits per heavy atom. The highest BCUT2D eigenvalue weighted by atomic mass is 16.3. The second-order valence-corrected chi connectivity index (χ2v) is 5.97. The van der Waals surface area contributed by atoms with Gasteiger partial charge in [-0.15, -0.1) is 0 Å². The van der Waals surface area contributed by atoms with Gasteiger partial charge < -0.3 is 9.73 Å². The summed E-state index contributed by atoms with van der Waals surface area (Å²) in [5, 5.41) is 3.44. The van der Waals surface area contributed by atoms with Gasteiger partial charge in [-0.05, 0) is 27.2 Å². The summed E-state index contributed by atoms with van der Waals surface area (Å²) >= 11 is 0. The molecule has 0 aliphatic heterocycles. The summed E-state index contributed by atoms with van der Waals surface area (Å²) < 4.78 is 5.53. The molecule has 0 saturated carbocycles. The summed E-state index contributed by atoms with van der Waals surface area (Å²) in [5.41, 5.74) is 1.19. The standard InChI is InChI=1S/C13H24N2O/c1-7-13(5,6)11-10(14-9-16-11)8-15-12(2,3)4/h9,15H,7-8H2,1-6H3. The molecule has 3 nitrogen and oxygen atoms in total. The van der Waals surface area contributed by atoms with Crippen LogP contribution in [0.2, 0.25) is 0 Å². The van der Waals surface area contributed by atoms with Gasteiger partial charge in [-0.2, -0.15) is 0 Å².